The maximum absolute atomic E-state index is 5.48. The summed E-state index contributed by atoms with van der Waals surface area (Å²) in [5.74, 6) is 0. The zero-order chi connectivity index (χ0) is 19.6. The van der Waals surface area contributed by atoms with E-state index < -0.39 is 0 Å². The van der Waals surface area contributed by atoms with Crippen molar-refractivity contribution in [3.63, 3.8) is 0 Å². The van der Waals surface area contributed by atoms with Gasteiger partial charge in [0.25, 0.3) is 0 Å². The maximum Gasteiger partial charge on any atom is 0.171 e. The van der Waals surface area contributed by atoms with Crippen molar-refractivity contribution in [1.29, 1.82) is 0 Å². The average molecular weight is 383 g/mol. The van der Waals surface area contributed by atoms with E-state index in [1.807, 2.05) is 36.3 Å². The van der Waals surface area contributed by atoms with E-state index in [2.05, 4.69) is 58.9 Å². The Kier molecular flexibility index (Phi) is 5.60. The fraction of sp³-hybridized carbons (Fsp3) is 0.350. The molecule has 0 atom stereocenters. The van der Waals surface area contributed by atoms with Crippen LogP contribution in [0.3, 0.4) is 0 Å². The molecular weight excluding hydrogens is 356 g/mol. The van der Waals surface area contributed by atoms with E-state index in [1.54, 1.807) is 0 Å². The van der Waals surface area contributed by atoms with Gasteiger partial charge >= 0.3 is 0 Å². The van der Waals surface area contributed by atoms with E-state index in [1.165, 1.54) is 11.1 Å². The second-order valence-corrected chi connectivity index (χ2v) is 7.25. The van der Waals surface area contributed by atoms with Crippen LogP contribution in [0.15, 0.2) is 30.3 Å². The van der Waals surface area contributed by atoms with Crippen LogP contribution in [-0.2, 0) is 20.1 Å². The van der Waals surface area contributed by atoms with E-state index in [4.69, 9.17) is 12.2 Å². The first-order valence-corrected chi connectivity index (χ1v) is 9.39. The van der Waals surface area contributed by atoms with Crippen LogP contribution in [-0.4, -0.2) is 24.7 Å². The summed E-state index contributed by atoms with van der Waals surface area (Å²) in [5.41, 5.74) is 7.57. The summed E-state index contributed by atoms with van der Waals surface area (Å²) in [6.45, 7) is 9.54. The molecule has 142 valence electrons. The molecule has 0 amide bonds. The summed E-state index contributed by atoms with van der Waals surface area (Å²) in [7, 11) is 1.93. The van der Waals surface area contributed by atoms with Crippen LogP contribution in [0.4, 0.5) is 5.69 Å². The van der Waals surface area contributed by atoms with Crippen LogP contribution >= 0.6 is 12.2 Å². The first kappa shape index (κ1) is 19.1. The van der Waals surface area contributed by atoms with Crippen LogP contribution < -0.4 is 10.6 Å². The third kappa shape index (κ3) is 4.36. The molecule has 0 aliphatic rings. The molecule has 2 N–H and O–H groups in total. The first-order valence-electron chi connectivity index (χ1n) is 8.98. The van der Waals surface area contributed by atoms with Crippen LogP contribution in [0.25, 0.3) is 0 Å². The number of aryl methyl sites for hydroxylation is 4. The molecule has 0 unspecified atom stereocenters. The lowest BCUT2D eigenvalue weighted by Crippen LogP contribution is -2.29. The van der Waals surface area contributed by atoms with Gasteiger partial charge in [-0.25, -0.2) is 0 Å². The zero-order valence-corrected chi connectivity index (χ0v) is 17.3. The van der Waals surface area contributed by atoms with Crippen LogP contribution in [0, 0.1) is 27.7 Å². The van der Waals surface area contributed by atoms with E-state index in [0.717, 1.165) is 35.0 Å². The largest absolute Gasteiger partial charge is 0.357 e. The second-order valence-electron chi connectivity index (χ2n) is 6.84. The molecule has 0 aliphatic carbocycles. The molecular formula is C20H26N6S. The van der Waals surface area contributed by atoms with Crippen molar-refractivity contribution in [3.8, 4) is 0 Å². The van der Waals surface area contributed by atoms with Crippen molar-refractivity contribution >= 4 is 23.0 Å². The topological polar surface area (TPSA) is 59.7 Å². The van der Waals surface area contributed by atoms with Gasteiger partial charge in [0, 0.05) is 7.05 Å². The Morgan fingerprint density at radius 2 is 1.85 bits per heavy atom. The summed E-state index contributed by atoms with van der Waals surface area (Å²) < 4.78 is 3.88. The summed E-state index contributed by atoms with van der Waals surface area (Å²) in [6, 6.07) is 10.4. The molecule has 0 spiro atoms. The van der Waals surface area contributed by atoms with Gasteiger partial charge in [-0.1, -0.05) is 24.3 Å². The van der Waals surface area contributed by atoms with Crippen LogP contribution in [0.2, 0.25) is 0 Å². The van der Waals surface area contributed by atoms with Crippen molar-refractivity contribution in [3.05, 3.63) is 64.2 Å². The molecule has 7 heteroatoms. The minimum absolute atomic E-state index is 0.579. The number of hydrogen-bond donors (Lipinski definition) is 2. The monoisotopic (exact) mass is 382 g/mol. The molecule has 27 heavy (non-hydrogen) atoms. The average Bonchev–Trinajstić information content (AvgIpc) is 3.07. The standard InChI is InChI=1S/C20H26N6S/c1-13-8-6-7-9-17(13)12-26-16(4)19(15(3)24-26)22-20(27)21-11-18-10-14(2)23-25(18)5/h6-10H,11-12H2,1-5H3,(H2,21,22,27). The number of thiocarbonyl (C=S) groups is 1. The van der Waals surface area contributed by atoms with Crippen LogP contribution in [0.1, 0.15) is 33.9 Å². The normalized spacial score (nSPS) is 10.9. The Balaban J connectivity index is 1.68. The molecule has 3 aromatic rings. The molecule has 0 aliphatic heterocycles. The predicted octanol–water partition coefficient (Wildman–Crippen LogP) is 3.39. The van der Waals surface area contributed by atoms with Crippen molar-refractivity contribution < 1.29 is 0 Å². The molecule has 3 rings (SSSR count). The summed E-state index contributed by atoms with van der Waals surface area (Å²) in [6.07, 6.45) is 0. The minimum Gasteiger partial charge on any atom is -0.357 e. The Morgan fingerprint density at radius 1 is 1.11 bits per heavy atom. The van der Waals surface area contributed by atoms with Gasteiger partial charge in [0.05, 0.1) is 41.6 Å². The Labute approximate surface area is 165 Å². The van der Waals surface area contributed by atoms with E-state index >= 15 is 0 Å². The molecule has 0 saturated carbocycles. The van der Waals surface area contributed by atoms with Gasteiger partial charge in [0.2, 0.25) is 0 Å². The summed E-state index contributed by atoms with van der Waals surface area (Å²) in [5, 5.41) is 16.2. The zero-order valence-electron chi connectivity index (χ0n) is 16.5. The number of aromatic nitrogens is 4. The smallest absolute Gasteiger partial charge is 0.171 e. The highest BCUT2D eigenvalue weighted by Gasteiger charge is 2.14. The molecule has 0 fully saturated rings. The van der Waals surface area contributed by atoms with Crippen molar-refractivity contribution in [2.75, 3.05) is 5.32 Å². The number of benzene rings is 1. The Morgan fingerprint density at radius 3 is 2.52 bits per heavy atom. The summed E-state index contributed by atoms with van der Waals surface area (Å²) in [4.78, 5) is 0. The van der Waals surface area contributed by atoms with Crippen LogP contribution in [0.5, 0.6) is 0 Å². The molecule has 0 saturated heterocycles. The SMILES string of the molecule is Cc1cc(CNC(=S)Nc2c(C)nn(Cc3ccccc3C)c2C)n(C)n1. The van der Waals surface area contributed by atoms with Gasteiger partial charge in [-0.2, -0.15) is 10.2 Å². The molecule has 2 heterocycles. The highest BCUT2D eigenvalue weighted by atomic mass is 32.1. The third-order valence-corrected chi connectivity index (χ3v) is 4.98. The van der Waals surface area contributed by atoms with Gasteiger partial charge in [0.15, 0.2) is 5.11 Å². The van der Waals surface area contributed by atoms with E-state index in [0.29, 0.717) is 11.7 Å². The van der Waals surface area contributed by atoms with Gasteiger partial charge in [0.1, 0.15) is 0 Å². The molecule has 6 nitrogen and oxygen atoms in total. The third-order valence-electron chi connectivity index (χ3n) is 4.73. The quantitative estimate of drug-likeness (QED) is 0.663. The molecule has 2 aromatic heterocycles. The highest BCUT2D eigenvalue weighted by molar-refractivity contribution is 7.80. The van der Waals surface area contributed by atoms with Gasteiger partial charge in [-0.3, -0.25) is 9.36 Å². The highest BCUT2D eigenvalue weighted by Crippen LogP contribution is 2.21. The fourth-order valence-corrected chi connectivity index (χ4v) is 3.31. The Hall–Kier alpha value is -2.67. The number of rotatable bonds is 5. The fourth-order valence-electron chi connectivity index (χ4n) is 3.14. The predicted molar refractivity (Wildman–Crippen MR) is 113 cm³/mol. The minimum atomic E-state index is 0.579. The number of hydrogen-bond acceptors (Lipinski definition) is 3. The molecule has 0 bridgehead atoms. The van der Waals surface area contributed by atoms with Gasteiger partial charge in [-0.05, 0) is 57.1 Å². The first-order chi connectivity index (χ1) is 12.8. The Bertz CT molecular complexity index is 969. The molecule has 1 aromatic carbocycles. The molecule has 0 radical (unpaired) electrons. The second kappa shape index (κ2) is 7.92. The van der Waals surface area contributed by atoms with Gasteiger partial charge < -0.3 is 10.6 Å². The van der Waals surface area contributed by atoms with E-state index in [9.17, 15) is 0 Å². The summed E-state index contributed by atoms with van der Waals surface area (Å²) >= 11 is 5.48. The lowest BCUT2D eigenvalue weighted by Gasteiger charge is -2.12. The number of nitrogens with one attached hydrogen (secondary N) is 2. The lowest BCUT2D eigenvalue weighted by atomic mass is 10.1. The van der Waals surface area contributed by atoms with Gasteiger partial charge in [-0.15, -0.1) is 0 Å². The lowest BCUT2D eigenvalue weighted by molar-refractivity contribution is 0.657. The van der Waals surface area contributed by atoms with Crippen molar-refractivity contribution in [1.82, 2.24) is 24.9 Å². The van der Waals surface area contributed by atoms with Crippen molar-refractivity contribution in [2.45, 2.75) is 40.8 Å². The maximum atomic E-state index is 5.48. The number of anilines is 1. The van der Waals surface area contributed by atoms with E-state index in [-0.39, 0.29) is 0 Å². The number of nitrogens with zero attached hydrogens (tertiary/aromatic N) is 4. The van der Waals surface area contributed by atoms with Crippen molar-refractivity contribution in [2.24, 2.45) is 7.05 Å².